The molecule has 1 atom stereocenters. The Morgan fingerprint density at radius 2 is 1.60 bits per heavy atom. The van der Waals surface area contributed by atoms with Crippen molar-refractivity contribution in [2.24, 2.45) is 5.92 Å². The van der Waals surface area contributed by atoms with Crippen LogP contribution in [0.2, 0.25) is 0 Å². The Morgan fingerprint density at radius 3 is 2.10 bits per heavy atom. The van der Waals surface area contributed by atoms with Crippen LogP contribution in [0, 0.1) is 5.92 Å². The first kappa shape index (κ1) is 32.4. The number of piperidine rings is 3. The van der Waals surface area contributed by atoms with Gasteiger partial charge >= 0.3 is 12.1 Å². The first-order valence-electron chi connectivity index (χ1n) is 13.0. The monoisotopic (exact) mass is 605 g/mol. The molecule has 3 fully saturated rings. The van der Waals surface area contributed by atoms with Crippen molar-refractivity contribution in [3.63, 3.8) is 0 Å². The van der Waals surface area contributed by atoms with Gasteiger partial charge in [-0.15, -0.1) is 11.3 Å². The van der Waals surface area contributed by atoms with Crippen molar-refractivity contribution in [3.05, 3.63) is 82.8 Å². The molecule has 0 spiro atoms. The van der Waals surface area contributed by atoms with E-state index in [1.54, 1.807) is 18.3 Å². The van der Waals surface area contributed by atoms with Gasteiger partial charge in [0.2, 0.25) is 5.78 Å². The van der Waals surface area contributed by atoms with Gasteiger partial charge in [0, 0.05) is 48.5 Å². The van der Waals surface area contributed by atoms with E-state index in [1.165, 1.54) is 18.3 Å². The van der Waals surface area contributed by atoms with E-state index in [9.17, 15) is 27.6 Å². The number of carboxylic acids is 1. The van der Waals surface area contributed by atoms with Crippen molar-refractivity contribution in [2.75, 3.05) is 31.5 Å². The van der Waals surface area contributed by atoms with Gasteiger partial charge in [0.15, 0.2) is 11.1 Å². The van der Waals surface area contributed by atoms with Crippen molar-refractivity contribution in [1.29, 1.82) is 0 Å². The molecule has 0 aliphatic carbocycles. The summed E-state index contributed by atoms with van der Waals surface area (Å²) in [6, 6.07) is 18.6. The maximum absolute atomic E-state index is 12.3. The number of nitrogens with one attached hydrogen (secondary N) is 1. The molecule has 1 amide bonds. The SMILES string of the molecule is CC(=O)O[C@H]1C[N+]2(CC(=O)c3nccs3)CCC1CC2.O=C(Nc1ccccc1)c1ccccc1.O=C([O-])C(F)(F)F. The minimum absolute atomic E-state index is 0.0147. The fourth-order valence-corrected chi connectivity index (χ4v) is 5.41. The summed E-state index contributed by atoms with van der Waals surface area (Å²) in [5.74, 6) is -2.71. The fraction of sp³-hybridized carbons (Fsp3) is 0.345. The lowest BCUT2D eigenvalue weighted by atomic mass is 9.83. The fourth-order valence-electron chi connectivity index (χ4n) is 4.84. The van der Waals surface area contributed by atoms with Crippen LogP contribution in [0.4, 0.5) is 18.9 Å². The molecule has 1 aromatic heterocycles. The maximum Gasteiger partial charge on any atom is 0.430 e. The number of halogens is 3. The van der Waals surface area contributed by atoms with Crippen molar-refractivity contribution in [3.8, 4) is 0 Å². The maximum atomic E-state index is 12.3. The van der Waals surface area contributed by atoms with E-state index < -0.39 is 12.1 Å². The van der Waals surface area contributed by atoms with E-state index in [4.69, 9.17) is 14.6 Å². The number of carboxylic acid groups (broad SMARTS) is 1. The summed E-state index contributed by atoms with van der Waals surface area (Å²) in [6.45, 7) is 4.75. The van der Waals surface area contributed by atoms with Crippen LogP contribution < -0.4 is 10.4 Å². The van der Waals surface area contributed by atoms with Gasteiger partial charge in [-0.2, -0.15) is 13.2 Å². The molecule has 3 aliphatic rings. The lowest BCUT2D eigenvalue weighted by Gasteiger charge is -2.51. The van der Waals surface area contributed by atoms with E-state index in [-0.39, 0.29) is 23.8 Å². The average molecular weight is 606 g/mol. The number of para-hydroxylation sites is 1. The molecular weight excluding hydrogens is 575 g/mol. The van der Waals surface area contributed by atoms with Gasteiger partial charge in [-0.05, 0) is 24.3 Å². The number of rotatable bonds is 6. The number of esters is 1. The zero-order valence-electron chi connectivity index (χ0n) is 22.7. The topological polar surface area (TPSA) is 125 Å². The molecule has 9 nitrogen and oxygen atoms in total. The standard InChI is InChI=1S/C14H19N2O3S.C13H11NO.C2HF3O2/c1-10(17)19-13-9-16(5-2-11(13)3-6-16)8-12(18)14-15-4-7-20-14;15-13(11-7-3-1-4-8-11)14-12-9-5-2-6-10-12;3-2(4,5)1(6)7/h4,7,11,13H,2-3,5-6,8-9H2,1H3;1-10H,(H,14,15);(H,6,7)/q+1;;/p-1/t11?,13-,16?;;/m0../s1. The Hall–Kier alpha value is -4.10. The number of hydrogen-bond donors (Lipinski definition) is 1. The lowest BCUT2D eigenvalue weighted by molar-refractivity contribution is -0.938. The van der Waals surface area contributed by atoms with E-state index in [1.807, 2.05) is 53.9 Å². The Bertz CT molecular complexity index is 1330. The van der Waals surface area contributed by atoms with Crippen LogP contribution in [0.5, 0.6) is 0 Å². The van der Waals surface area contributed by atoms with E-state index in [2.05, 4.69) is 10.3 Å². The van der Waals surface area contributed by atoms with Crippen molar-refractivity contribution in [2.45, 2.75) is 32.0 Å². The van der Waals surface area contributed by atoms with Crippen molar-refractivity contribution in [1.82, 2.24) is 4.98 Å². The first-order chi connectivity index (χ1) is 19.9. The largest absolute Gasteiger partial charge is 0.542 e. The summed E-state index contributed by atoms with van der Waals surface area (Å²) < 4.78 is 37.7. The summed E-state index contributed by atoms with van der Waals surface area (Å²) in [6.07, 6.45) is -1.45. The smallest absolute Gasteiger partial charge is 0.430 e. The molecule has 2 aromatic carbocycles. The molecule has 13 heteroatoms. The van der Waals surface area contributed by atoms with Crippen molar-refractivity contribution < 1.29 is 46.7 Å². The molecule has 6 rings (SSSR count). The summed E-state index contributed by atoms with van der Waals surface area (Å²) in [4.78, 5) is 48.1. The molecule has 3 saturated heterocycles. The van der Waals surface area contributed by atoms with Gasteiger partial charge in [0.25, 0.3) is 5.91 Å². The second-order valence-corrected chi connectivity index (χ2v) is 10.7. The minimum atomic E-state index is -5.19. The van der Waals surface area contributed by atoms with E-state index in [0.717, 1.165) is 42.6 Å². The number of hydrogen-bond acceptors (Lipinski definition) is 8. The zero-order chi connectivity index (χ0) is 30.8. The number of benzene rings is 2. The summed E-state index contributed by atoms with van der Waals surface area (Å²) >= 11 is 1.40. The molecule has 0 radical (unpaired) electrons. The zero-order valence-corrected chi connectivity index (χ0v) is 23.5. The summed E-state index contributed by atoms with van der Waals surface area (Å²) in [5, 5.41) is 14.0. The third-order valence-corrected chi connectivity index (χ3v) is 7.62. The van der Waals surface area contributed by atoms with Gasteiger partial charge in [-0.3, -0.25) is 14.4 Å². The average Bonchev–Trinajstić information content (AvgIpc) is 3.50. The number of aliphatic carboxylic acids is 1. The second kappa shape index (κ2) is 14.7. The number of carbonyl (C=O) groups is 4. The van der Waals surface area contributed by atoms with Crippen LogP contribution in [-0.4, -0.2) is 71.6 Å². The minimum Gasteiger partial charge on any atom is -0.542 e. The number of nitrogens with zero attached hydrogens (tertiary/aromatic N) is 2. The molecule has 0 saturated carbocycles. The molecule has 1 N–H and O–H groups in total. The van der Waals surface area contributed by atoms with Crippen LogP contribution in [-0.2, 0) is 14.3 Å². The predicted octanol–water partition coefficient (Wildman–Crippen LogP) is 3.74. The lowest BCUT2D eigenvalue weighted by Crippen LogP contribution is -2.65. The number of aromatic nitrogens is 1. The quantitative estimate of drug-likeness (QED) is 0.258. The normalized spacial score (nSPS) is 20.6. The third-order valence-electron chi connectivity index (χ3n) is 6.81. The van der Waals surface area contributed by atoms with Crippen LogP contribution in [0.15, 0.2) is 72.2 Å². The van der Waals surface area contributed by atoms with Gasteiger partial charge in [-0.25, -0.2) is 4.98 Å². The molecule has 3 aliphatic heterocycles. The molecule has 4 heterocycles. The highest BCUT2D eigenvalue weighted by Gasteiger charge is 2.48. The van der Waals surface area contributed by atoms with Crippen LogP contribution in [0.1, 0.15) is 39.9 Å². The number of amides is 1. The van der Waals surface area contributed by atoms with Crippen LogP contribution in [0.3, 0.4) is 0 Å². The Morgan fingerprint density at radius 1 is 1.02 bits per heavy atom. The molecular formula is C29H30F3N3O6S. The molecule has 2 bridgehead atoms. The van der Waals surface area contributed by atoms with Gasteiger partial charge < -0.3 is 24.4 Å². The second-order valence-electron chi connectivity index (χ2n) is 9.85. The number of alkyl halides is 3. The van der Waals surface area contributed by atoms with Gasteiger partial charge in [-0.1, -0.05) is 36.4 Å². The third kappa shape index (κ3) is 9.77. The number of ketones is 1. The number of Topliss-reactive ketones (excluding diaryl/α,β-unsaturated/α-hetero) is 1. The highest BCUT2D eigenvalue weighted by molar-refractivity contribution is 7.11. The number of carbonyl (C=O) groups excluding carboxylic acids is 4. The Balaban J connectivity index is 0.000000194. The Labute approximate surface area is 244 Å². The highest BCUT2D eigenvalue weighted by Crippen LogP contribution is 2.35. The van der Waals surface area contributed by atoms with Gasteiger partial charge in [0.1, 0.15) is 19.1 Å². The molecule has 0 unspecified atom stereocenters. The molecule has 42 heavy (non-hydrogen) atoms. The summed E-state index contributed by atoms with van der Waals surface area (Å²) in [5.41, 5.74) is 1.48. The molecule has 3 aromatic rings. The number of anilines is 1. The number of thiazole rings is 1. The van der Waals surface area contributed by atoms with E-state index >= 15 is 0 Å². The first-order valence-corrected chi connectivity index (χ1v) is 13.9. The predicted molar refractivity (Wildman–Crippen MR) is 146 cm³/mol. The van der Waals surface area contributed by atoms with Crippen molar-refractivity contribution >= 4 is 40.7 Å². The summed E-state index contributed by atoms with van der Waals surface area (Å²) in [7, 11) is 0. The number of ether oxygens (including phenoxy) is 1. The number of fused-ring (bicyclic) bond motifs is 3. The van der Waals surface area contributed by atoms with Crippen LogP contribution >= 0.6 is 11.3 Å². The Kier molecular flexibility index (Phi) is 11.3. The highest BCUT2D eigenvalue weighted by atomic mass is 32.1. The molecule has 224 valence electrons. The number of quaternary nitrogens is 1. The van der Waals surface area contributed by atoms with Crippen LogP contribution in [0.25, 0.3) is 0 Å². The van der Waals surface area contributed by atoms with Gasteiger partial charge in [0.05, 0.1) is 13.1 Å². The van der Waals surface area contributed by atoms with E-state index in [0.29, 0.717) is 23.0 Å².